The molecule has 1 atom stereocenters. The maximum atomic E-state index is 11.1. The van der Waals surface area contributed by atoms with Crippen LogP contribution in [-0.4, -0.2) is 23.3 Å². The minimum absolute atomic E-state index is 0.645. The van der Waals surface area contributed by atoms with Crippen LogP contribution in [0.5, 0.6) is 0 Å². The third-order valence-electron chi connectivity index (χ3n) is 2.49. The monoisotopic (exact) mass is 231 g/mol. The van der Waals surface area contributed by atoms with Gasteiger partial charge in [-0.05, 0) is 31.2 Å². The van der Waals surface area contributed by atoms with Crippen LogP contribution in [0.1, 0.15) is 6.92 Å². The van der Waals surface area contributed by atoms with Crippen LogP contribution in [-0.2, 0) is 4.79 Å². The number of anilines is 2. The second-order valence-electron chi connectivity index (χ2n) is 3.83. The van der Waals surface area contributed by atoms with Gasteiger partial charge in [0.05, 0.1) is 5.70 Å². The second kappa shape index (κ2) is 4.29. The molecule has 1 aliphatic rings. The number of hydrogen-bond acceptors (Lipinski definition) is 4. The van der Waals surface area contributed by atoms with Gasteiger partial charge in [-0.3, -0.25) is 4.99 Å². The van der Waals surface area contributed by atoms with Gasteiger partial charge in [0, 0.05) is 23.8 Å². The molecule has 0 amide bonds. The lowest BCUT2D eigenvalue weighted by Crippen LogP contribution is -2.40. The van der Waals surface area contributed by atoms with Crippen molar-refractivity contribution in [3.63, 3.8) is 0 Å². The van der Waals surface area contributed by atoms with Gasteiger partial charge in [-0.15, -0.1) is 0 Å². The fourth-order valence-corrected chi connectivity index (χ4v) is 1.64. The lowest BCUT2D eigenvalue weighted by Gasteiger charge is -2.27. The van der Waals surface area contributed by atoms with Crippen LogP contribution in [0, 0.1) is 0 Å². The van der Waals surface area contributed by atoms with E-state index in [-0.39, 0.29) is 0 Å². The van der Waals surface area contributed by atoms with Gasteiger partial charge >= 0.3 is 5.97 Å². The average Bonchev–Trinajstić information content (AvgIpc) is 2.29. The Bertz CT molecular complexity index is 491. The van der Waals surface area contributed by atoms with E-state index in [0.717, 1.165) is 11.4 Å². The molecule has 0 saturated heterocycles. The Hall–Kier alpha value is -2.30. The smallest absolute Gasteiger partial charge is 0.332 e. The quantitative estimate of drug-likeness (QED) is 0.755. The van der Waals surface area contributed by atoms with E-state index in [9.17, 15) is 4.79 Å². The third-order valence-corrected chi connectivity index (χ3v) is 2.49. The highest BCUT2D eigenvalue weighted by molar-refractivity contribution is 5.98. The van der Waals surface area contributed by atoms with Gasteiger partial charge < -0.3 is 15.7 Å². The molecule has 0 aliphatic carbocycles. The maximum Gasteiger partial charge on any atom is 0.332 e. The molecular weight excluding hydrogens is 218 g/mol. The van der Waals surface area contributed by atoms with Crippen molar-refractivity contribution in [2.24, 2.45) is 4.99 Å². The molecule has 0 radical (unpaired) electrons. The fourth-order valence-electron chi connectivity index (χ4n) is 1.64. The SMILES string of the molecule is CC1=CN(c2ccc(N)cc2)C(C(=O)O)C=N1. The van der Waals surface area contributed by atoms with Gasteiger partial charge in [0.1, 0.15) is 0 Å². The van der Waals surface area contributed by atoms with Crippen LogP contribution in [0.25, 0.3) is 0 Å². The molecular formula is C12H13N3O2. The summed E-state index contributed by atoms with van der Waals surface area (Å²) in [5.41, 5.74) is 7.79. The number of allylic oxidation sites excluding steroid dienone is 1. The Morgan fingerprint density at radius 1 is 1.41 bits per heavy atom. The number of nitrogen functional groups attached to an aromatic ring is 1. The molecule has 1 aromatic carbocycles. The first-order chi connectivity index (χ1) is 8.08. The Morgan fingerprint density at radius 3 is 2.65 bits per heavy atom. The van der Waals surface area contributed by atoms with Crippen molar-refractivity contribution in [1.82, 2.24) is 0 Å². The first-order valence-corrected chi connectivity index (χ1v) is 5.17. The summed E-state index contributed by atoms with van der Waals surface area (Å²) in [5, 5.41) is 9.12. The standard InChI is InChI=1S/C12H13N3O2/c1-8-7-15(11(6-14-8)12(16)17)10-4-2-9(13)3-5-10/h2-7,11H,13H2,1H3,(H,16,17). The molecule has 2 rings (SSSR count). The Kier molecular flexibility index (Phi) is 2.82. The minimum Gasteiger partial charge on any atom is -0.479 e. The average molecular weight is 231 g/mol. The number of benzene rings is 1. The molecule has 0 fully saturated rings. The molecule has 1 heterocycles. The molecule has 5 nitrogen and oxygen atoms in total. The topological polar surface area (TPSA) is 78.9 Å². The summed E-state index contributed by atoms with van der Waals surface area (Å²) >= 11 is 0. The lowest BCUT2D eigenvalue weighted by molar-refractivity contribution is -0.136. The minimum atomic E-state index is -0.936. The predicted molar refractivity (Wildman–Crippen MR) is 67.0 cm³/mol. The highest BCUT2D eigenvalue weighted by Gasteiger charge is 2.25. The van der Waals surface area contributed by atoms with Gasteiger partial charge in [-0.25, -0.2) is 4.79 Å². The Balaban J connectivity index is 2.37. The summed E-state index contributed by atoms with van der Waals surface area (Å²) in [5.74, 6) is -0.936. The molecule has 0 spiro atoms. The number of aliphatic carboxylic acids is 1. The molecule has 1 aliphatic heterocycles. The summed E-state index contributed by atoms with van der Waals surface area (Å²) in [6, 6.07) is 6.27. The third kappa shape index (κ3) is 2.28. The summed E-state index contributed by atoms with van der Waals surface area (Å²) < 4.78 is 0. The van der Waals surface area contributed by atoms with E-state index in [1.807, 2.05) is 6.92 Å². The van der Waals surface area contributed by atoms with Crippen molar-refractivity contribution in [3.8, 4) is 0 Å². The van der Waals surface area contributed by atoms with E-state index in [0.29, 0.717) is 5.69 Å². The van der Waals surface area contributed by atoms with Crippen LogP contribution in [0.15, 0.2) is 41.2 Å². The molecule has 0 aromatic heterocycles. The summed E-state index contributed by atoms with van der Waals surface area (Å²) in [6.45, 7) is 1.82. The zero-order chi connectivity index (χ0) is 12.4. The normalized spacial score (nSPS) is 19.0. The molecule has 3 N–H and O–H groups in total. The summed E-state index contributed by atoms with van der Waals surface area (Å²) in [7, 11) is 0. The van der Waals surface area contributed by atoms with Crippen molar-refractivity contribution >= 4 is 23.6 Å². The molecule has 0 saturated carbocycles. The zero-order valence-corrected chi connectivity index (χ0v) is 9.37. The maximum absolute atomic E-state index is 11.1. The largest absolute Gasteiger partial charge is 0.479 e. The number of rotatable bonds is 2. The van der Waals surface area contributed by atoms with Gasteiger partial charge in [0.2, 0.25) is 0 Å². The van der Waals surface area contributed by atoms with Crippen molar-refractivity contribution < 1.29 is 9.90 Å². The van der Waals surface area contributed by atoms with Crippen LogP contribution in [0.3, 0.4) is 0 Å². The second-order valence-corrected chi connectivity index (χ2v) is 3.83. The number of nitrogens with two attached hydrogens (primary N) is 1. The highest BCUT2D eigenvalue weighted by atomic mass is 16.4. The molecule has 1 unspecified atom stereocenters. The highest BCUT2D eigenvalue weighted by Crippen LogP contribution is 2.22. The summed E-state index contributed by atoms with van der Waals surface area (Å²) in [6.07, 6.45) is 3.14. The van der Waals surface area contributed by atoms with Crippen LogP contribution in [0.4, 0.5) is 11.4 Å². The predicted octanol–water partition coefficient (Wildman–Crippen LogP) is 1.47. The van der Waals surface area contributed by atoms with Gasteiger partial charge in [0.15, 0.2) is 6.04 Å². The van der Waals surface area contributed by atoms with E-state index in [4.69, 9.17) is 10.8 Å². The Morgan fingerprint density at radius 2 is 2.06 bits per heavy atom. The number of carbonyl (C=O) groups is 1. The molecule has 5 heteroatoms. The van der Waals surface area contributed by atoms with Crippen molar-refractivity contribution in [2.45, 2.75) is 13.0 Å². The van der Waals surface area contributed by atoms with E-state index in [2.05, 4.69) is 4.99 Å². The van der Waals surface area contributed by atoms with Crippen LogP contribution < -0.4 is 10.6 Å². The molecule has 0 bridgehead atoms. The van der Waals surface area contributed by atoms with Gasteiger partial charge in [-0.2, -0.15) is 0 Å². The lowest BCUT2D eigenvalue weighted by atomic mass is 10.2. The molecule has 88 valence electrons. The number of carboxylic acids is 1. The number of nitrogens with zero attached hydrogens (tertiary/aromatic N) is 2. The van der Waals surface area contributed by atoms with E-state index >= 15 is 0 Å². The Labute approximate surface area is 98.9 Å². The van der Waals surface area contributed by atoms with E-state index in [1.54, 1.807) is 35.4 Å². The van der Waals surface area contributed by atoms with Gasteiger partial charge in [-0.1, -0.05) is 0 Å². The van der Waals surface area contributed by atoms with E-state index in [1.165, 1.54) is 6.21 Å². The molecule has 1 aromatic rings. The van der Waals surface area contributed by atoms with Crippen LogP contribution >= 0.6 is 0 Å². The fraction of sp³-hybridized carbons (Fsp3) is 0.167. The summed E-state index contributed by atoms with van der Waals surface area (Å²) in [4.78, 5) is 16.8. The van der Waals surface area contributed by atoms with Crippen LogP contribution in [0.2, 0.25) is 0 Å². The van der Waals surface area contributed by atoms with E-state index < -0.39 is 12.0 Å². The van der Waals surface area contributed by atoms with Crippen molar-refractivity contribution in [2.75, 3.05) is 10.6 Å². The van der Waals surface area contributed by atoms with Gasteiger partial charge in [0.25, 0.3) is 0 Å². The first kappa shape index (κ1) is 11.2. The number of hydrogen-bond donors (Lipinski definition) is 2. The first-order valence-electron chi connectivity index (χ1n) is 5.17. The zero-order valence-electron chi connectivity index (χ0n) is 9.37. The number of aliphatic imine (C=N–C) groups is 1. The molecule has 17 heavy (non-hydrogen) atoms. The van der Waals surface area contributed by atoms with Crippen molar-refractivity contribution in [1.29, 1.82) is 0 Å². The number of carboxylic acid groups (broad SMARTS) is 1. The van der Waals surface area contributed by atoms with Crippen molar-refractivity contribution in [3.05, 3.63) is 36.2 Å².